The monoisotopic (exact) mass is 916 g/mol. The van der Waals surface area contributed by atoms with Crippen LogP contribution >= 0.6 is 0 Å². The number of hydrogen-bond donors (Lipinski definition) is 0. The van der Waals surface area contributed by atoms with Crippen molar-refractivity contribution in [3.05, 3.63) is 288 Å². The minimum atomic E-state index is -0.434. The van der Waals surface area contributed by atoms with Crippen molar-refractivity contribution in [2.24, 2.45) is 0 Å². The second-order valence-corrected chi connectivity index (χ2v) is 20.3. The smallest absolute Gasteiger partial charge is 0.0725 e. The van der Waals surface area contributed by atoms with Crippen LogP contribution in [0.5, 0.6) is 0 Å². The fourth-order valence-corrected chi connectivity index (χ4v) is 13.3. The molecule has 1 heterocycles. The van der Waals surface area contributed by atoms with Gasteiger partial charge in [-0.1, -0.05) is 208 Å². The summed E-state index contributed by atoms with van der Waals surface area (Å²) >= 11 is 0. The van der Waals surface area contributed by atoms with Crippen LogP contribution in [-0.4, -0.2) is 4.57 Å². The van der Waals surface area contributed by atoms with Crippen LogP contribution in [0.1, 0.15) is 47.2 Å². The molecule has 338 valence electrons. The molecular weight excluding hydrogens is 869 g/mol. The Bertz CT molecular complexity index is 4130. The fraction of sp³-hybridized carbons (Fsp3) is 0.0571. The Morgan fingerprint density at radius 1 is 0.319 bits per heavy atom. The number of anilines is 3. The minimum absolute atomic E-state index is 0.161. The molecule has 0 amide bonds. The van der Waals surface area contributed by atoms with Gasteiger partial charge in [0.05, 0.1) is 22.1 Å². The highest BCUT2D eigenvalue weighted by atomic mass is 15.1. The minimum Gasteiger partial charge on any atom is -0.310 e. The molecule has 3 aliphatic rings. The van der Waals surface area contributed by atoms with Crippen LogP contribution in [0.15, 0.2) is 255 Å². The molecule has 72 heavy (non-hydrogen) atoms. The van der Waals surface area contributed by atoms with E-state index in [4.69, 9.17) is 0 Å². The van der Waals surface area contributed by atoms with Gasteiger partial charge in [-0.15, -0.1) is 0 Å². The van der Waals surface area contributed by atoms with Crippen molar-refractivity contribution in [2.45, 2.75) is 24.7 Å². The highest BCUT2D eigenvalue weighted by Gasteiger charge is 2.51. The third-order valence-corrected chi connectivity index (χ3v) is 16.4. The van der Waals surface area contributed by atoms with Crippen molar-refractivity contribution in [3.63, 3.8) is 0 Å². The molecule has 1 aromatic heterocycles. The predicted molar refractivity (Wildman–Crippen MR) is 300 cm³/mol. The predicted octanol–water partition coefficient (Wildman–Crippen LogP) is 18.2. The maximum atomic E-state index is 2.52. The lowest BCUT2D eigenvalue weighted by Gasteiger charge is -2.31. The zero-order valence-electron chi connectivity index (χ0n) is 40.1. The van der Waals surface area contributed by atoms with Gasteiger partial charge in [0.1, 0.15) is 0 Å². The third kappa shape index (κ3) is 5.55. The van der Waals surface area contributed by atoms with Gasteiger partial charge in [-0.3, -0.25) is 0 Å². The average molecular weight is 917 g/mol. The zero-order valence-corrected chi connectivity index (χ0v) is 40.1. The van der Waals surface area contributed by atoms with E-state index >= 15 is 0 Å². The summed E-state index contributed by atoms with van der Waals surface area (Å²) in [7, 11) is 0. The average Bonchev–Trinajstić information content (AvgIpc) is 4.12. The summed E-state index contributed by atoms with van der Waals surface area (Å²) < 4.78 is 2.40. The number of nitrogens with zero attached hydrogens (tertiary/aromatic N) is 2. The van der Waals surface area contributed by atoms with E-state index in [0.717, 1.165) is 22.7 Å². The molecule has 3 aliphatic carbocycles. The Morgan fingerprint density at radius 3 is 1.50 bits per heavy atom. The maximum Gasteiger partial charge on any atom is 0.0725 e. The van der Waals surface area contributed by atoms with Crippen LogP contribution in [0, 0.1) is 0 Å². The molecule has 0 fully saturated rings. The highest BCUT2D eigenvalue weighted by Crippen LogP contribution is 2.63. The van der Waals surface area contributed by atoms with Crippen molar-refractivity contribution >= 4 is 38.9 Å². The van der Waals surface area contributed by atoms with Gasteiger partial charge in [-0.25, -0.2) is 0 Å². The Balaban J connectivity index is 0.924. The Hall–Kier alpha value is -8.98. The molecular formula is C70H48N2. The van der Waals surface area contributed by atoms with Crippen molar-refractivity contribution in [1.29, 1.82) is 0 Å². The number of rotatable bonds is 6. The van der Waals surface area contributed by atoms with Crippen molar-refractivity contribution in [3.8, 4) is 61.3 Å². The summed E-state index contributed by atoms with van der Waals surface area (Å²) in [4.78, 5) is 2.50. The zero-order chi connectivity index (χ0) is 47.7. The first kappa shape index (κ1) is 40.9. The van der Waals surface area contributed by atoms with Crippen molar-refractivity contribution in [2.75, 3.05) is 4.90 Å². The van der Waals surface area contributed by atoms with E-state index in [0.29, 0.717) is 0 Å². The summed E-state index contributed by atoms with van der Waals surface area (Å²) in [6.07, 6.45) is 0. The molecule has 0 N–H and O–H groups in total. The van der Waals surface area contributed by atoms with E-state index in [-0.39, 0.29) is 5.41 Å². The number of benzene rings is 11. The maximum absolute atomic E-state index is 2.52. The quantitative estimate of drug-likeness (QED) is 0.161. The van der Waals surface area contributed by atoms with E-state index in [2.05, 4.69) is 278 Å². The molecule has 15 rings (SSSR count). The number of fused-ring (bicyclic) bond motifs is 16. The molecule has 0 unspecified atom stereocenters. The van der Waals surface area contributed by atoms with Gasteiger partial charge in [-0.2, -0.15) is 0 Å². The van der Waals surface area contributed by atoms with Gasteiger partial charge in [0.15, 0.2) is 0 Å². The SMILES string of the molecule is CC1(C)c2ccccc2-c2ccc(N(c3ccc(-c4cccc5c4c4ccccc4n5-c4ccccc4)cc3)c3ccccc3-c3ccc4c(c3)C3(c5ccccc5-c5ccccc53)c3ccccc3-4)cc21. The molecule has 0 saturated heterocycles. The number of aromatic nitrogens is 1. The van der Waals surface area contributed by atoms with Crippen LogP contribution in [0.3, 0.4) is 0 Å². The molecule has 2 heteroatoms. The van der Waals surface area contributed by atoms with Crippen LogP contribution in [0.25, 0.3) is 83.1 Å². The number of hydrogen-bond acceptors (Lipinski definition) is 1. The molecule has 2 nitrogen and oxygen atoms in total. The number of para-hydroxylation sites is 3. The summed E-state index contributed by atoms with van der Waals surface area (Å²) in [5, 5.41) is 2.51. The lowest BCUT2D eigenvalue weighted by Crippen LogP contribution is -2.25. The van der Waals surface area contributed by atoms with Crippen molar-refractivity contribution < 1.29 is 0 Å². The lowest BCUT2D eigenvalue weighted by atomic mass is 9.70. The Kier molecular flexibility index (Phi) is 8.66. The molecule has 0 radical (unpaired) electrons. The topological polar surface area (TPSA) is 8.17 Å². The van der Waals surface area contributed by atoms with E-state index in [1.165, 1.54) is 111 Å². The Morgan fingerprint density at radius 2 is 0.806 bits per heavy atom. The standard InChI is InChI=1S/C70H48N2/c1-69(2)59-28-12-6-22-52(59)56-42-40-49(44-63(56)69)71(48-38-35-45(36-39-48)51-27-18-34-67-68(51)58-26-11-17-33-66(58)72(67)47-19-4-3-5-20-47)65-32-16-10-21-50(65)46-37-41-57-55-25-9-15-31-62(55)70(64(57)43-46)60-29-13-7-23-53(60)54-24-8-14-30-61(54)70/h3-44H,1-2H3. The fourth-order valence-electron chi connectivity index (χ4n) is 13.3. The van der Waals surface area contributed by atoms with Gasteiger partial charge < -0.3 is 9.47 Å². The first-order valence-electron chi connectivity index (χ1n) is 25.3. The highest BCUT2D eigenvalue weighted by molar-refractivity contribution is 6.16. The first-order chi connectivity index (χ1) is 35.5. The molecule has 0 aliphatic heterocycles. The van der Waals surface area contributed by atoms with Crippen LogP contribution in [0.4, 0.5) is 17.1 Å². The summed E-state index contributed by atoms with van der Waals surface area (Å²) in [5.41, 5.74) is 27.1. The van der Waals surface area contributed by atoms with Gasteiger partial charge in [0, 0.05) is 38.8 Å². The van der Waals surface area contributed by atoms with Gasteiger partial charge in [-0.05, 0) is 144 Å². The van der Waals surface area contributed by atoms with E-state index in [1.54, 1.807) is 0 Å². The van der Waals surface area contributed by atoms with Crippen LogP contribution in [0.2, 0.25) is 0 Å². The van der Waals surface area contributed by atoms with Crippen LogP contribution in [-0.2, 0) is 10.8 Å². The van der Waals surface area contributed by atoms with Crippen molar-refractivity contribution in [1.82, 2.24) is 4.57 Å². The summed E-state index contributed by atoms with van der Waals surface area (Å²) in [5.74, 6) is 0. The third-order valence-electron chi connectivity index (χ3n) is 16.4. The first-order valence-corrected chi connectivity index (χ1v) is 25.3. The van der Waals surface area contributed by atoms with E-state index in [9.17, 15) is 0 Å². The van der Waals surface area contributed by atoms with Gasteiger partial charge in [0.2, 0.25) is 0 Å². The lowest BCUT2D eigenvalue weighted by molar-refractivity contribution is 0.660. The Labute approximate surface area is 420 Å². The molecule has 1 spiro atoms. The second-order valence-electron chi connectivity index (χ2n) is 20.3. The van der Waals surface area contributed by atoms with Gasteiger partial charge in [0.25, 0.3) is 0 Å². The summed E-state index contributed by atoms with van der Waals surface area (Å²) in [6.45, 7) is 4.75. The normalized spacial score (nSPS) is 13.9. The van der Waals surface area contributed by atoms with Gasteiger partial charge >= 0.3 is 0 Å². The largest absolute Gasteiger partial charge is 0.310 e. The molecule has 0 bridgehead atoms. The molecule has 12 aromatic rings. The summed E-state index contributed by atoms with van der Waals surface area (Å²) in [6, 6.07) is 95.3. The van der Waals surface area contributed by atoms with E-state index in [1.807, 2.05) is 0 Å². The van der Waals surface area contributed by atoms with E-state index < -0.39 is 5.41 Å². The molecule has 11 aromatic carbocycles. The second kappa shape index (κ2) is 15.3. The van der Waals surface area contributed by atoms with Crippen LogP contribution < -0.4 is 4.90 Å². The molecule has 0 atom stereocenters. The molecule has 0 saturated carbocycles.